The monoisotopic (exact) mass is 444 g/mol. The highest BCUT2D eigenvalue weighted by atomic mass is 19.4. The molecule has 4 rings (SSSR count). The first-order valence-corrected chi connectivity index (χ1v) is 9.80. The number of alkyl halides is 3. The van der Waals surface area contributed by atoms with Gasteiger partial charge in [0.2, 0.25) is 5.91 Å². The second-order valence-corrected chi connectivity index (χ2v) is 7.28. The van der Waals surface area contributed by atoms with Crippen molar-refractivity contribution in [3.8, 4) is 17.0 Å². The summed E-state index contributed by atoms with van der Waals surface area (Å²) < 4.78 is 43.9. The van der Waals surface area contributed by atoms with Gasteiger partial charge in [0.05, 0.1) is 30.9 Å². The van der Waals surface area contributed by atoms with E-state index < -0.39 is 23.8 Å². The summed E-state index contributed by atoms with van der Waals surface area (Å²) in [6, 6.07) is 15.6. The smallest absolute Gasteiger partial charge is 0.416 e. The van der Waals surface area contributed by atoms with Gasteiger partial charge >= 0.3 is 6.18 Å². The Balaban J connectivity index is 1.23. The molecular formula is C22H19F3N4O3. The van der Waals surface area contributed by atoms with Gasteiger partial charge in [0, 0.05) is 0 Å². The van der Waals surface area contributed by atoms with Crippen LogP contribution in [0.5, 0.6) is 5.75 Å². The first-order chi connectivity index (χ1) is 15.3. The summed E-state index contributed by atoms with van der Waals surface area (Å²) >= 11 is 0. The highest BCUT2D eigenvalue weighted by Crippen LogP contribution is 2.32. The number of benzene rings is 2. The van der Waals surface area contributed by atoms with E-state index in [0.29, 0.717) is 5.69 Å². The first-order valence-electron chi connectivity index (χ1n) is 9.80. The number of amides is 2. The zero-order chi connectivity index (χ0) is 22.7. The summed E-state index contributed by atoms with van der Waals surface area (Å²) in [5.74, 6) is -0.715. The summed E-state index contributed by atoms with van der Waals surface area (Å²) in [4.78, 5) is 26.0. The van der Waals surface area contributed by atoms with Crippen LogP contribution in [0, 0.1) is 0 Å². The molecule has 166 valence electrons. The van der Waals surface area contributed by atoms with E-state index in [1.807, 2.05) is 30.3 Å². The Hall–Kier alpha value is -3.82. The van der Waals surface area contributed by atoms with Gasteiger partial charge in [0.25, 0.3) is 5.91 Å². The average molecular weight is 444 g/mol. The molecule has 1 aliphatic rings. The Morgan fingerprint density at radius 1 is 1.09 bits per heavy atom. The maximum Gasteiger partial charge on any atom is 0.416 e. The number of halogens is 3. The molecule has 0 spiro atoms. The molecule has 1 aromatic heterocycles. The highest BCUT2D eigenvalue weighted by Gasteiger charge is 2.34. The Labute approximate surface area is 181 Å². The lowest BCUT2D eigenvalue weighted by molar-refractivity contribution is -0.138. The lowest BCUT2D eigenvalue weighted by Gasteiger charge is -2.39. The molecule has 0 atom stereocenters. The molecule has 0 radical (unpaired) electrons. The minimum Gasteiger partial charge on any atom is -0.487 e. The SMILES string of the molecule is O=C(NCC(=O)N1CC(Oc2cccc(C(F)(F)F)c2)C1)c1cc(-c2ccccc2)[nH]n1. The Kier molecular flexibility index (Phi) is 5.85. The van der Waals surface area contributed by atoms with Crippen LogP contribution >= 0.6 is 0 Å². The molecule has 1 saturated heterocycles. The third kappa shape index (κ3) is 4.90. The van der Waals surface area contributed by atoms with Crippen LogP contribution in [0.4, 0.5) is 13.2 Å². The number of nitrogens with zero attached hydrogens (tertiary/aromatic N) is 2. The molecule has 3 aromatic rings. The van der Waals surface area contributed by atoms with E-state index in [2.05, 4.69) is 15.5 Å². The molecule has 0 unspecified atom stereocenters. The molecule has 10 heteroatoms. The number of carbonyl (C=O) groups is 2. The standard InChI is InChI=1S/C22H19F3N4O3/c23-22(24,25)15-7-4-8-16(9-15)32-17-12-29(13-17)20(30)11-26-21(31)19-10-18(27-28-19)14-5-2-1-3-6-14/h1-10,17H,11-13H2,(H,26,31)(H,27,28). The Bertz CT molecular complexity index is 1110. The fourth-order valence-electron chi connectivity index (χ4n) is 3.22. The van der Waals surface area contributed by atoms with Gasteiger partial charge in [-0.3, -0.25) is 14.7 Å². The van der Waals surface area contributed by atoms with Crippen molar-refractivity contribution in [3.05, 3.63) is 71.9 Å². The molecule has 0 bridgehead atoms. The quantitative estimate of drug-likeness (QED) is 0.612. The van der Waals surface area contributed by atoms with Crippen molar-refractivity contribution in [2.24, 2.45) is 0 Å². The van der Waals surface area contributed by atoms with Crippen LogP contribution < -0.4 is 10.1 Å². The van der Waals surface area contributed by atoms with Crippen LogP contribution in [-0.2, 0) is 11.0 Å². The molecule has 2 amide bonds. The number of likely N-dealkylation sites (tertiary alicyclic amines) is 1. The largest absolute Gasteiger partial charge is 0.487 e. The normalized spacial score (nSPS) is 14.0. The lowest BCUT2D eigenvalue weighted by atomic mass is 10.1. The Morgan fingerprint density at radius 2 is 1.84 bits per heavy atom. The fraction of sp³-hybridized carbons (Fsp3) is 0.227. The molecule has 2 N–H and O–H groups in total. The zero-order valence-electron chi connectivity index (χ0n) is 16.7. The Morgan fingerprint density at radius 3 is 2.56 bits per heavy atom. The van der Waals surface area contributed by atoms with Gasteiger partial charge in [0.15, 0.2) is 5.69 Å². The van der Waals surface area contributed by atoms with Gasteiger partial charge in [-0.15, -0.1) is 0 Å². The highest BCUT2D eigenvalue weighted by molar-refractivity contribution is 5.95. The molecule has 2 aromatic carbocycles. The minimum atomic E-state index is -4.45. The number of H-pyrrole nitrogens is 1. The lowest BCUT2D eigenvalue weighted by Crippen LogP contribution is -2.58. The van der Waals surface area contributed by atoms with E-state index >= 15 is 0 Å². The first kappa shape index (κ1) is 21.4. The summed E-state index contributed by atoms with van der Waals surface area (Å²) in [7, 11) is 0. The van der Waals surface area contributed by atoms with Crippen molar-refractivity contribution in [3.63, 3.8) is 0 Å². The maximum absolute atomic E-state index is 12.8. The van der Waals surface area contributed by atoms with E-state index in [4.69, 9.17) is 4.74 Å². The summed E-state index contributed by atoms with van der Waals surface area (Å²) in [5, 5.41) is 9.28. The van der Waals surface area contributed by atoms with E-state index in [0.717, 1.165) is 17.7 Å². The van der Waals surface area contributed by atoms with Gasteiger partial charge in [-0.25, -0.2) is 0 Å². The molecular weight excluding hydrogens is 425 g/mol. The van der Waals surface area contributed by atoms with Crippen LogP contribution in [-0.4, -0.2) is 52.6 Å². The molecule has 2 heterocycles. The second kappa shape index (κ2) is 8.74. The zero-order valence-corrected chi connectivity index (χ0v) is 16.7. The van der Waals surface area contributed by atoms with Crippen LogP contribution in [0.1, 0.15) is 16.1 Å². The average Bonchev–Trinajstić information content (AvgIpc) is 3.25. The van der Waals surface area contributed by atoms with E-state index in [-0.39, 0.29) is 37.0 Å². The number of nitrogens with one attached hydrogen (secondary N) is 2. The molecule has 32 heavy (non-hydrogen) atoms. The maximum atomic E-state index is 12.8. The van der Waals surface area contributed by atoms with Gasteiger partial charge in [-0.05, 0) is 29.8 Å². The number of aromatic nitrogens is 2. The van der Waals surface area contributed by atoms with Gasteiger partial charge in [-0.1, -0.05) is 36.4 Å². The van der Waals surface area contributed by atoms with E-state index in [1.165, 1.54) is 17.0 Å². The van der Waals surface area contributed by atoms with Crippen LogP contribution in [0.2, 0.25) is 0 Å². The second-order valence-electron chi connectivity index (χ2n) is 7.28. The van der Waals surface area contributed by atoms with Crippen molar-refractivity contribution < 1.29 is 27.5 Å². The van der Waals surface area contributed by atoms with Crippen molar-refractivity contribution in [2.75, 3.05) is 19.6 Å². The van der Waals surface area contributed by atoms with Crippen LogP contribution in [0.3, 0.4) is 0 Å². The van der Waals surface area contributed by atoms with Gasteiger partial charge in [0.1, 0.15) is 11.9 Å². The van der Waals surface area contributed by atoms with Crippen molar-refractivity contribution in [1.29, 1.82) is 0 Å². The fourth-order valence-corrected chi connectivity index (χ4v) is 3.22. The topological polar surface area (TPSA) is 87.3 Å². The number of ether oxygens (including phenoxy) is 1. The third-order valence-corrected chi connectivity index (χ3v) is 4.96. The van der Waals surface area contributed by atoms with Crippen LogP contribution in [0.25, 0.3) is 11.3 Å². The number of carbonyl (C=O) groups excluding carboxylic acids is 2. The molecule has 7 nitrogen and oxygen atoms in total. The summed E-state index contributed by atoms with van der Waals surface area (Å²) in [6.07, 6.45) is -4.85. The molecule has 0 saturated carbocycles. The number of hydrogen-bond acceptors (Lipinski definition) is 4. The summed E-state index contributed by atoms with van der Waals surface area (Å²) in [6.45, 7) is 0.236. The third-order valence-electron chi connectivity index (χ3n) is 4.96. The van der Waals surface area contributed by atoms with Crippen molar-refractivity contribution >= 4 is 11.8 Å². The number of rotatable bonds is 6. The van der Waals surface area contributed by atoms with E-state index in [9.17, 15) is 22.8 Å². The van der Waals surface area contributed by atoms with E-state index in [1.54, 1.807) is 6.07 Å². The molecule has 0 aliphatic carbocycles. The van der Waals surface area contributed by atoms with Crippen molar-refractivity contribution in [1.82, 2.24) is 20.4 Å². The van der Waals surface area contributed by atoms with Crippen molar-refractivity contribution in [2.45, 2.75) is 12.3 Å². The predicted octanol–water partition coefficient (Wildman–Crippen LogP) is 3.12. The number of aromatic amines is 1. The molecule has 1 fully saturated rings. The minimum absolute atomic E-state index is 0.0954. The van der Waals surface area contributed by atoms with Crippen LogP contribution in [0.15, 0.2) is 60.7 Å². The van der Waals surface area contributed by atoms with Gasteiger partial charge in [-0.2, -0.15) is 18.3 Å². The molecule has 1 aliphatic heterocycles. The number of hydrogen-bond donors (Lipinski definition) is 2. The van der Waals surface area contributed by atoms with Gasteiger partial charge < -0.3 is 15.0 Å². The predicted molar refractivity (Wildman–Crippen MR) is 109 cm³/mol. The summed E-state index contributed by atoms with van der Waals surface area (Å²) in [5.41, 5.74) is 0.923.